The number of rotatable bonds is 8. The van der Waals surface area contributed by atoms with Gasteiger partial charge in [0.05, 0.1) is 12.5 Å². The topological polar surface area (TPSA) is 85.9 Å². The number of carbonyl (C=O) groups is 2. The lowest BCUT2D eigenvalue weighted by atomic mass is 9.59. The van der Waals surface area contributed by atoms with Crippen LogP contribution in [0.15, 0.2) is 49.1 Å². The van der Waals surface area contributed by atoms with Crippen LogP contribution >= 0.6 is 0 Å². The molecule has 0 radical (unpaired) electrons. The molecule has 2 aliphatic rings. The molecule has 3 atom stereocenters. The molecule has 0 spiro atoms. The number of carbonyl (C=O) groups excluding carboxylic acids is 2. The molecule has 2 aromatic carbocycles. The Morgan fingerprint density at radius 1 is 1.31 bits per heavy atom. The third-order valence-electron chi connectivity index (χ3n) is 8.59. The molecule has 8 heteroatoms. The molecule has 7 nitrogen and oxygen atoms in total. The normalized spacial score (nSPS) is 23.1. The van der Waals surface area contributed by atoms with Gasteiger partial charge in [-0.1, -0.05) is 25.1 Å². The van der Waals surface area contributed by atoms with E-state index in [-0.39, 0.29) is 41.6 Å². The number of ether oxygens (including phenoxy) is 1. The highest BCUT2D eigenvalue weighted by Gasteiger charge is 2.54. The van der Waals surface area contributed by atoms with E-state index in [9.17, 15) is 14.7 Å². The summed E-state index contributed by atoms with van der Waals surface area (Å²) >= 11 is 0. The largest absolute Gasteiger partial charge is 0.508 e. The second kappa shape index (κ2) is 10.5. The second-order valence-corrected chi connectivity index (χ2v) is 11.1. The predicted octanol–water partition coefficient (Wildman–Crippen LogP) is 4.99. The van der Waals surface area contributed by atoms with E-state index in [1.54, 1.807) is 30.3 Å². The third kappa shape index (κ3) is 4.61. The van der Waals surface area contributed by atoms with Crippen LogP contribution in [0.1, 0.15) is 48.9 Å². The first-order valence-corrected chi connectivity index (χ1v) is 13.5. The number of nitrogens with one attached hydrogen (secondary N) is 1. The monoisotopic (exact) mass is 533 g/mol. The Balaban J connectivity index is 1.62. The minimum absolute atomic E-state index is 0.117. The summed E-state index contributed by atoms with van der Waals surface area (Å²) in [7, 11) is 3.41. The van der Waals surface area contributed by atoms with Gasteiger partial charge < -0.3 is 19.7 Å². The highest BCUT2D eigenvalue weighted by molar-refractivity contribution is 6.00. The van der Waals surface area contributed by atoms with Crippen molar-refractivity contribution >= 4 is 22.7 Å². The van der Waals surface area contributed by atoms with E-state index in [0.29, 0.717) is 36.7 Å². The van der Waals surface area contributed by atoms with Gasteiger partial charge in [-0.3, -0.25) is 14.5 Å². The molecule has 3 aromatic rings. The third-order valence-corrected chi connectivity index (χ3v) is 8.59. The molecule has 2 heterocycles. The van der Waals surface area contributed by atoms with Gasteiger partial charge in [-0.2, -0.15) is 0 Å². The van der Waals surface area contributed by atoms with E-state index < -0.39 is 11.2 Å². The Kier molecular flexibility index (Phi) is 7.25. The van der Waals surface area contributed by atoms with E-state index in [4.69, 9.17) is 4.74 Å². The average Bonchev–Trinajstić information content (AvgIpc) is 3.23. The zero-order valence-corrected chi connectivity index (χ0v) is 22.8. The smallest absolute Gasteiger partial charge is 0.235 e. The van der Waals surface area contributed by atoms with Gasteiger partial charge in [0.15, 0.2) is 11.6 Å². The van der Waals surface area contributed by atoms with Crippen LogP contribution in [0.5, 0.6) is 11.5 Å². The molecule has 1 aliphatic carbocycles. The Morgan fingerprint density at radius 3 is 2.82 bits per heavy atom. The van der Waals surface area contributed by atoms with Crippen molar-refractivity contribution in [1.29, 1.82) is 0 Å². The number of aromatic hydroxyl groups is 1. The van der Waals surface area contributed by atoms with Crippen molar-refractivity contribution in [3.8, 4) is 11.5 Å². The number of fused-ring (bicyclic) bond motifs is 4. The van der Waals surface area contributed by atoms with E-state index in [2.05, 4.69) is 16.5 Å². The SMILES string of the molecule is C=CCN(C)CCCN1C(=O)CCC2C(c3cccc(O)c3)c3[nH]c4ccc(OC)c(F)c4c3C[C@@]2(C)C1=O. The minimum atomic E-state index is -0.951. The number of benzene rings is 2. The second-order valence-electron chi connectivity index (χ2n) is 11.1. The van der Waals surface area contributed by atoms with Gasteiger partial charge in [-0.05, 0) is 74.2 Å². The quantitative estimate of drug-likeness (QED) is 0.315. The van der Waals surface area contributed by atoms with Gasteiger partial charge in [-0.25, -0.2) is 4.39 Å². The number of nitrogens with zero attached hydrogens (tertiary/aromatic N) is 2. The number of hydrogen-bond acceptors (Lipinski definition) is 5. The number of aromatic nitrogens is 1. The lowest BCUT2D eigenvalue weighted by molar-refractivity contribution is -0.151. The summed E-state index contributed by atoms with van der Waals surface area (Å²) < 4.78 is 21.0. The van der Waals surface area contributed by atoms with Crippen LogP contribution in [0.3, 0.4) is 0 Å². The number of amides is 2. The minimum Gasteiger partial charge on any atom is -0.508 e. The fourth-order valence-electron chi connectivity index (χ4n) is 6.69. The van der Waals surface area contributed by atoms with Crippen molar-refractivity contribution < 1.29 is 23.8 Å². The van der Waals surface area contributed by atoms with Crippen LogP contribution in [0, 0.1) is 17.2 Å². The Bertz CT molecular complexity index is 1430. The molecule has 2 amide bonds. The van der Waals surface area contributed by atoms with Gasteiger partial charge in [0.2, 0.25) is 11.8 Å². The molecule has 1 aromatic heterocycles. The number of hydrogen-bond donors (Lipinski definition) is 2. The van der Waals surface area contributed by atoms with E-state index in [0.717, 1.165) is 29.9 Å². The maximum atomic E-state index is 15.7. The molecule has 5 rings (SSSR count). The summed E-state index contributed by atoms with van der Waals surface area (Å²) in [6, 6.07) is 10.4. The number of aromatic amines is 1. The first-order valence-electron chi connectivity index (χ1n) is 13.5. The average molecular weight is 534 g/mol. The van der Waals surface area contributed by atoms with Crippen molar-refractivity contribution in [2.24, 2.45) is 11.3 Å². The highest BCUT2D eigenvalue weighted by atomic mass is 19.1. The summed E-state index contributed by atoms with van der Waals surface area (Å²) in [4.78, 5) is 34.6. The molecule has 39 heavy (non-hydrogen) atoms. The lowest BCUT2D eigenvalue weighted by Gasteiger charge is -2.45. The first kappa shape index (κ1) is 26.9. The number of methoxy groups -OCH3 is 1. The molecular weight excluding hydrogens is 497 g/mol. The molecule has 1 aliphatic heterocycles. The molecule has 206 valence electrons. The number of likely N-dealkylation sites (tertiary alicyclic amines) is 1. The number of likely N-dealkylation sites (N-methyl/N-ethyl adjacent to an activating group) is 1. The Hall–Kier alpha value is -3.65. The number of phenolic OH excluding ortho intramolecular Hbond substituents is 1. The van der Waals surface area contributed by atoms with Crippen molar-refractivity contribution in [3.63, 3.8) is 0 Å². The van der Waals surface area contributed by atoms with Crippen LogP contribution in [-0.4, -0.2) is 65.5 Å². The van der Waals surface area contributed by atoms with Gasteiger partial charge in [0.1, 0.15) is 5.75 Å². The van der Waals surface area contributed by atoms with E-state index in [1.165, 1.54) is 12.0 Å². The van der Waals surface area contributed by atoms with Crippen molar-refractivity contribution in [3.05, 3.63) is 71.7 Å². The van der Waals surface area contributed by atoms with Crippen LogP contribution in [0.2, 0.25) is 0 Å². The van der Waals surface area contributed by atoms with Gasteiger partial charge in [-0.15, -0.1) is 6.58 Å². The number of halogens is 1. The summed E-state index contributed by atoms with van der Waals surface area (Å²) in [5.41, 5.74) is 2.05. The molecular formula is C31H36FN3O4. The summed E-state index contributed by atoms with van der Waals surface area (Å²) in [5.74, 6) is -1.16. The number of H-pyrrole nitrogens is 1. The maximum absolute atomic E-state index is 15.7. The molecule has 1 saturated heterocycles. The van der Waals surface area contributed by atoms with Crippen molar-refractivity contribution in [1.82, 2.24) is 14.8 Å². The molecule has 0 saturated carbocycles. The van der Waals surface area contributed by atoms with Crippen LogP contribution in [0.25, 0.3) is 10.9 Å². The standard InChI is InChI=1S/C31H36FN3O4/c1-5-14-34(3)15-7-16-35-25(37)13-10-22-26(19-8-6-9-20(36)17-19)29-21(18-31(22,2)30(35)38)27-23(33-29)11-12-24(39-4)28(27)32/h5-6,8-9,11-12,17,22,26,33,36H,1,7,10,13-16,18H2,2-4H3/t22?,26?,31-/m1/s1. The Morgan fingerprint density at radius 2 is 2.10 bits per heavy atom. The summed E-state index contributed by atoms with van der Waals surface area (Å²) in [6.07, 6.45) is 3.54. The van der Waals surface area contributed by atoms with Gasteiger partial charge in [0, 0.05) is 42.0 Å². The number of phenols is 1. The zero-order valence-electron chi connectivity index (χ0n) is 22.8. The van der Waals surface area contributed by atoms with E-state index >= 15 is 4.39 Å². The summed E-state index contributed by atoms with van der Waals surface area (Å²) in [6.45, 7) is 7.48. The Labute approximate surface area is 228 Å². The van der Waals surface area contributed by atoms with Crippen molar-refractivity contribution in [2.75, 3.05) is 33.8 Å². The first-order chi connectivity index (χ1) is 18.7. The predicted molar refractivity (Wildman–Crippen MR) is 148 cm³/mol. The van der Waals surface area contributed by atoms with Crippen LogP contribution in [-0.2, 0) is 16.0 Å². The molecule has 0 bridgehead atoms. The number of imide groups is 1. The molecule has 2 N–H and O–H groups in total. The molecule has 2 unspecified atom stereocenters. The fraction of sp³-hybridized carbons (Fsp3) is 0.419. The summed E-state index contributed by atoms with van der Waals surface area (Å²) in [5, 5.41) is 10.8. The lowest BCUT2D eigenvalue weighted by Crippen LogP contribution is -2.51. The van der Waals surface area contributed by atoms with Gasteiger partial charge >= 0.3 is 0 Å². The van der Waals surface area contributed by atoms with Crippen LogP contribution < -0.4 is 4.74 Å². The maximum Gasteiger partial charge on any atom is 0.235 e. The van der Waals surface area contributed by atoms with Crippen LogP contribution in [0.4, 0.5) is 4.39 Å². The van der Waals surface area contributed by atoms with E-state index in [1.807, 2.05) is 26.1 Å². The van der Waals surface area contributed by atoms with Crippen molar-refractivity contribution in [2.45, 2.75) is 38.5 Å². The zero-order chi connectivity index (χ0) is 27.9. The fourth-order valence-corrected chi connectivity index (χ4v) is 6.69. The molecule has 1 fully saturated rings. The van der Waals surface area contributed by atoms with Gasteiger partial charge in [0.25, 0.3) is 0 Å². The highest BCUT2D eigenvalue weighted by Crippen LogP contribution is 2.55.